The molecule has 0 saturated heterocycles. The lowest BCUT2D eigenvalue weighted by Gasteiger charge is -2.07. The molecule has 0 aliphatic rings. The Balaban J connectivity index is 2.12. The highest BCUT2D eigenvalue weighted by molar-refractivity contribution is 7.11. The van der Waals surface area contributed by atoms with Gasteiger partial charge in [0.15, 0.2) is 0 Å². The summed E-state index contributed by atoms with van der Waals surface area (Å²) in [4.78, 5) is 5.50. The molecule has 0 amide bonds. The van der Waals surface area contributed by atoms with E-state index in [1.807, 2.05) is 26.8 Å². The molecule has 0 radical (unpaired) electrons. The average molecular weight is 250 g/mol. The summed E-state index contributed by atoms with van der Waals surface area (Å²) < 4.78 is 13.5. The van der Waals surface area contributed by atoms with Gasteiger partial charge in [-0.25, -0.2) is 9.37 Å². The number of aromatic nitrogens is 1. The van der Waals surface area contributed by atoms with Crippen molar-refractivity contribution in [2.45, 2.75) is 27.3 Å². The van der Waals surface area contributed by atoms with Crippen LogP contribution in [0.25, 0.3) is 0 Å². The van der Waals surface area contributed by atoms with E-state index in [4.69, 9.17) is 0 Å². The number of rotatable bonds is 3. The number of halogens is 1. The lowest BCUT2D eigenvalue weighted by Crippen LogP contribution is -2.01. The maximum Gasteiger partial charge on any atom is 0.146 e. The molecule has 0 atom stereocenters. The quantitative estimate of drug-likeness (QED) is 0.895. The van der Waals surface area contributed by atoms with Gasteiger partial charge < -0.3 is 5.32 Å². The third-order valence-electron chi connectivity index (χ3n) is 2.56. The van der Waals surface area contributed by atoms with Crippen LogP contribution in [-0.2, 0) is 6.54 Å². The van der Waals surface area contributed by atoms with Gasteiger partial charge in [0, 0.05) is 4.88 Å². The molecular formula is C13H15FN2S. The van der Waals surface area contributed by atoms with Crippen molar-refractivity contribution < 1.29 is 4.39 Å². The van der Waals surface area contributed by atoms with E-state index < -0.39 is 0 Å². The van der Waals surface area contributed by atoms with Crippen LogP contribution in [0.5, 0.6) is 0 Å². The number of nitrogens with one attached hydrogen (secondary N) is 1. The number of benzene rings is 1. The zero-order valence-corrected chi connectivity index (χ0v) is 11.0. The molecule has 2 nitrogen and oxygen atoms in total. The van der Waals surface area contributed by atoms with Gasteiger partial charge in [-0.3, -0.25) is 0 Å². The number of nitrogens with zero attached hydrogens (tertiary/aromatic N) is 1. The van der Waals surface area contributed by atoms with E-state index in [1.54, 1.807) is 17.4 Å². The van der Waals surface area contributed by atoms with Gasteiger partial charge in [0.25, 0.3) is 0 Å². The van der Waals surface area contributed by atoms with Crippen LogP contribution in [0.1, 0.15) is 21.1 Å². The molecule has 1 heterocycles. The first-order chi connectivity index (χ1) is 8.06. The molecule has 0 bridgehead atoms. The van der Waals surface area contributed by atoms with Gasteiger partial charge in [-0.15, -0.1) is 11.3 Å². The van der Waals surface area contributed by atoms with E-state index in [0.29, 0.717) is 12.2 Å². The van der Waals surface area contributed by atoms with Gasteiger partial charge in [0.2, 0.25) is 0 Å². The minimum absolute atomic E-state index is 0.213. The van der Waals surface area contributed by atoms with Crippen LogP contribution in [0.15, 0.2) is 18.2 Å². The van der Waals surface area contributed by atoms with E-state index in [1.165, 1.54) is 6.07 Å². The SMILES string of the molecule is Cc1ccc(F)c(NCc2sc(C)nc2C)c1. The zero-order chi connectivity index (χ0) is 12.4. The Morgan fingerprint density at radius 3 is 2.71 bits per heavy atom. The summed E-state index contributed by atoms with van der Waals surface area (Å²) in [6.07, 6.45) is 0. The molecule has 0 fully saturated rings. The summed E-state index contributed by atoms with van der Waals surface area (Å²) in [7, 11) is 0. The van der Waals surface area contributed by atoms with Crippen molar-refractivity contribution >= 4 is 17.0 Å². The van der Waals surface area contributed by atoms with E-state index in [9.17, 15) is 4.39 Å². The topological polar surface area (TPSA) is 24.9 Å². The fourth-order valence-electron chi connectivity index (χ4n) is 1.69. The molecule has 0 saturated carbocycles. The van der Waals surface area contributed by atoms with Crippen molar-refractivity contribution in [3.8, 4) is 0 Å². The number of thiazole rings is 1. The molecular weight excluding hydrogens is 235 g/mol. The van der Waals surface area contributed by atoms with Crippen LogP contribution in [-0.4, -0.2) is 4.98 Å². The lowest BCUT2D eigenvalue weighted by atomic mass is 10.2. The van der Waals surface area contributed by atoms with Gasteiger partial charge in [0.1, 0.15) is 5.82 Å². The first kappa shape index (κ1) is 12.0. The Hall–Kier alpha value is -1.42. The van der Waals surface area contributed by atoms with E-state index in [0.717, 1.165) is 21.1 Å². The summed E-state index contributed by atoms with van der Waals surface area (Å²) in [5.41, 5.74) is 2.62. The van der Waals surface area contributed by atoms with Crippen molar-refractivity contribution in [1.29, 1.82) is 0 Å². The zero-order valence-electron chi connectivity index (χ0n) is 10.2. The van der Waals surface area contributed by atoms with Crippen LogP contribution in [0.4, 0.5) is 10.1 Å². The second-order valence-corrected chi connectivity index (χ2v) is 5.37. The molecule has 0 unspecified atom stereocenters. The monoisotopic (exact) mass is 250 g/mol. The van der Waals surface area contributed by atoms with Crippen LogP contribution in [0.2, 0.25) is 0 Å². The van der Waals surface area contributed by atoms with Crippen LogP contribution >= 0.6 is 11.3 Å². The standard InChI is InChI=1S/C13H15FN2S/c1-8-4-5-11(14)12(6-8)15-7-13-9(2)16-10(3)17-13/h4-6,15H,7H2,1-3H3. The Bertz CT molecular complexity index is 534. The van der Waals surface area contributed by atoms with Crippen LogP contribution in [0.3, 0.4) is 0 Å². The molecule has 1 aromatic heterocycles. The van der Waals surface area contributed by atoms with Crippen molar-refractivity contribution in [2.24, 2.45) is 0 Å². The normalized spacial score (nSPS) is 10.6. The molecule has 0 aliphatic heterocycles. The van der Waals surface area contributed by atoms with Crippen LogP contribution < -0.4 is 5.32 Å². The van der Waals surface area contributed by atoms with E-state index in [2.05, 4.69) is 10.3 Å². The van der Waals surface area contributed by atoms with Crippen molar-refractivity contribution in [2.75, 3.05) is 5.32 Å². The van der Waals surface area contributed by atoms with Gasteiger partial charge in [-0.1, -0.05) is 6.07 Å². The smallest absolute Gasteiger partial charge is 0.146 e. The fraction of sp³-hybridized carbons (Fsp3) is 0.308. The molecule has 1 N–H and O–H groups in total. The highest BCUT2D eigenvalue weighted by Crippen LogP contribution is 2.21. The van der Waals surface area contributed by atoms with Gasteiger partial charge >= 0.3 is 0 Å². The largest absolute Gasteiger partial charge is 0.378 e. The Morgan fingerprint density at radius 1 is 1.29 bits per heavy atom. The van der Waals surface area contributed by atoms with E-state index in [-0.39, 0.29) is 5.82 Å². The summed E-state index contributed by atoms with van der Waals surface area (Å²) in [6, 6.07) is 5.07. The minimum atomic E-state index is -0.213. The van der Waals surface area contributed by atoms with Gasteiger partial charge in [-0.2, -0.15) is 0 Å². The summed E-state index contributed by atoms with van der Waals surface area (Å²) in [6.45, 7) is 6.53. The summed E-state index contributed by atoms with van der Waals surface area (Å²) in [5, 5.41) is 4.17. The third-order valence-corrected chi connectivity index (χ3v) is 3.63. The molecule has 17 heavy (non-hydrogen) atoms. The number of hydrogen-bond donors (Lipinski definition) is 1. The van der Waals surface area contributed by atoms with Crippen LogP contribution in [0, 0.1) is 26.6 Å². The molecule has 0 spiro atoms. The predicted octanol–water partition coefficient (Wildman–Crippen LogP) is 3.82. The number of aryl methyl sites for hydroxylation is 3. The predicted molar refractivity (Wildman–Crippen MR) is 70.1 cm³/mol. The maximum atomic E-state index is 13.5. The Labute approximate surface area is 105 Å². The number of anilines is 1. The van der Waals surface area contributed by atoms with Crippen molar-refractivity contribution in [1.82, 2.24) is 4.98 Å². The molecule has 4 heteroatoms. The van der Waals surface area contributed by atoms with Gasteiger partial charge in [-0.05, 0) is 38.5 Å². The molecule has 0 aliphatic carbocycles. The second kappa shape index (κ2) is 4.84. The Morgan fingerprint density at radius 2 is 2.06 bits per heavy atom. The Kier molecular flexibility index (Phi) is 3.43. The van der Waals surface area contributed by atoms with Gasteiger partial charge in [0.05, 0.1) is 22.9 Å². The lowest BCUT2D eigenvalue weighted by molar-refractivity contribution is 0.629. The first-order valence-corrected chi connectivity index (χ1v) is 6.31. The second-order valence-electron chi connectivity index (χ2n) is 4.08. The molecule has 2 rings (SSSR count). The minimum Gasteiger partial charge on any atom is -0.378 e. The fourth-order valence-corrected chi connectivity index (χ4v) is 2.56. The van der Waals surface area contributed by atoms with Crippen molar-refractivity contribution in [3.63, 3.8) is 0 Å². The molecule has 90 valence electrons. The third kappa shape index (κ3) is 2.82. The van der Waals surface area contributed by atoms with E-state index >= 15 is 0 Å². The first-order valence-electron chi connectivity index (χ1n) is 5.49. The maximum absolute atomic E-state index is 13.5. The highest BCUT2D eigenvalue weighted by atomic mass is 32.1. The molecule has 1 aromatic carbocycles. The molecule has 2 aromatic rings. The van der Waals surface area contributed by atoms with Crippen molar-refractivity contribution in [3.05, 3.63) is 45.2 Å². The average Bonchev–Trinajstić information content (AvgIpc) is 2.59. The summed E-state index contributed by atoms with van der Waals surface area (Å²) in [5.74, 6) is -0.213. The number of hydrogen-bond acceptors (Lipinski definition) is 3. The summed E-state index contributed by atoms with van der Waals surface area (Å²) >= 11 is 1.65. The highest BCUT2D eigenvalue weighted by Gasteiger charge is 2.06.